The Morgan fingerprint density at radius 2 is 1.86 bits per heavy atom. The van der Waals surface area contributed by atoms with Crippen molar-refractivity contribution >= 4 is 34.2 Å². The zero-order valence-corrected chi connectivity index (χ0v) is 11.3. The fraction of sp³-hybridized carbons (Fsp3) is 0.500. The molecule has 1 fully saturated rings. The molecule has 114 valence electrons. The van der Waals surface area contributed by atoms with E-state index in [1.54, 1.807) is 0 Å². The highest BCUT2D eigenvalue weighted by Crippen LogP contribution is 2.32. The van der Waals surface area contributed by atoms with Crippen LogP contribution in [0.2, 0.25) is 0 Å². The van der Waals surface area contributed by atoms with Gasteiger partial charge in [-0.15, -0.1) is 10.2 Å². The standard InChI is InChI=1S/C10H9F3N4O3S/c11-10(12,13)8-15-16-9(21-8)14-5(18)3-4-17-6(19)1-2-7(17)20/h1-4H2,(H,14,16,18). The third kappa shape index (κ3) is 3.74. The molecule has 0 bridgehead atoms. The summed E-state index contributed by atoms with van der Waals surface area (Å²) in [5, 5.41) is 6.81. The van der Waals surface area contributed by atoms with Crippen LogP contribution in [0.1, 0.15) is 24.3 Å². The molecule has 2 rings (SSSR count). The maximum atomic E-state index is 12.3. The first-order chi connectivity index (χ1) is 9.77. The van der Waals surface area contributed by atoms with Gasteiger partial charge in [0.1, 0.15) is 0 Å². The minimum absolute atomic E-state index is 0.103. The summed E-state index contributed by atoms with van der Waals surface area (Å²) in [5.41, 5.74) is 0. The second-order valence-electron chi connectivity index (χ2n) is 4.15. The molecule has 0 atom stereocenters. The summed E-state index contributed by atoms with van der Waals surface area (Å²) in [6.45, 7) is -0.103. The van der Waals surface area contributed by atoms with Crippen molar-refractivity contribution in [3.8, 4) is 0 Å². The SMILES string of the molecule is O=C(CCN1C(=O)CCC1=O)Nc1nnc(C(F)(F)F)s1. The number of carbonyl (C=O) groups is 3. The third-order valence-electron chi connectivity index (χ3n) is 2.63. The van der Waals surface area contributed by atoms with Crippen molar-refractivity contribution in [1.82, 2.24) is 15.1 Å². The van der Waals surface area contributed by atoms with Gasteiger partial charge >= 0.3 is 6.18 Å². The van der Waals surface area contributed by atoms with Crippen LogP contribution in [0.25, 0.3) is 0 Å². The van der Waals surface area contributed by atoms with Gasteiger partial charge in [-0.2, -0.15) is 13.2 Å². The van der Waals surface area contributed by atoms with Crippen molar-refractivity contribution < 1.29 is 27.6 Å². The molecule has 0 radical (unpaired) electrons. The zero-order valence-electron chi connectivity index (χ0n) is 10.4. The van der Waals surface area contributed by atoms with Crippen molar-refractivity contribution in [2.75, 3.05) is 11.9 Å². The zero-order chi connectivity index (χ0) is 15.6. The number of alkyl halides is 3. The predicted molar refractivity (Wildman–Crippen MR) is 64.1 cm³/mol. The first-order valence-electron chi connectivity index (χ1n) is 5.81. The molecule has 1 N–H and O–H groups in total. The van der Waals surface area contributed by atoms with Gasteiger partial charge in [-0.1, -0.05) is 11.3 Å². The molecule has 2 heterocycles. The Bertz CT molecular complexity index is 570. The first-order valence-corrected chi connectivity index (χ1v) is 6.63. The second kappa shape index (κ2) is 5.76. The van der Waals surface area contributed by atoms with Gasteiger partial charge in [0.15, 0.2) is 0 Å². The Kier molecular flexibility index (Phi) is 4.21. The van der Waals surface area contributed by atoms with E-state index in [9.17, 15) is 27.6 Å². The van der Waals surface area contributed by atoms with E-state index in [0.717, 1.165) is 4.90 Å². The molecule has 11 heteroatoms. The van der Waals surface area contributed by atoms with Crippen LogP contribution in [0.15, 0.2) is 0 Å². The normalized spacial score (nSPS) is 15.7. The summed E-state index contributed by atoms with van der Waals surface area (Å²) < 4.78 is 36.9. The number of nitrogens with zero attached hydrogens (tertiary/aromatic N) is 3. The van der Waals surface area contributed by atoms with Gasteiger partial charge in [-0.05, 0) is 0 Å². The largest absolute Gasteiger partial charge is 0.445 e. The molecule has 21 heavy (non-hydrogen) atoms. The van der Waals surface area contributed by atoms with Gasteiger partial charge < -0.3 is 5.32 Å². The Morgan fingerprint density at radius 3 is 2.38 bits per heavy atom. The van der Waals surface area contributed by atoms with E-state index in [2.05, 4.69) is 15.5 Å². The fourth-order valence-electron chi connectivity index (χ4n) is 1.66. The lowest BCUT2D eigenvalue weighted by Gasteiger charge is -2.12. The van der Waals surface area contributed by atoms with E-state index < -0.39 is 17.1 Å². The van der Waals surface area contributed by atoms with Crippen LogP contribution >= 0.6 is 11.3 Å². The summed E-state index contributed by atoms with van der Waals surface area (Å²) in [6, 6.07) is 0. The van der Waals surface area contributed by atoms with Crippen molar-refractivity contribution in [1.29, 1.82) is 0 Å². The molecule has 0 saturated carbocycles. The van der Waals surface area contributed by atoms with Crippen molar-refractivity contribution in [3.63, 3.8) is 0 Å². The molecule has 1 aromatic rings. The smallest absolute Gasteiger partial charge is 0.300 e. The minimum Gasteiger partial charge on any atom is -0.300 e. The summed E-state index contributed by atoms with van der Waals surface area (Å²) in [4.78, 5) is 35.1. The Hall–Kier alpha value is -2.04. The topological polar surface area (TPSA) is 92.3 Å². The molecule has 1 aliphatic rings. The predicted octanol–water partition coefficient (Wildman–Crippen LogP) is 1.03. The fourth-order valence-corrected chi connectivity index (χ4v) is 2.28. The molecule has 0 spiro atoms. The molecule has 3 amide bonds. The van der Waals surface area contributed by atoms with Crippen molar-refractivity contribution in [2.45, 2.75) is 25.4 Å². The van der Waals surface area contributed by atoms with E-state index in [1.807, 2.05) is 0 Å². The van der Waals surface area contributed by atoms with E-state index in [0.29, 0.717) is 0 Å². The summed E-state index contributed by atoms with van der Waals surface area (Å²) in [6.07, 6.45) is -4.59. The number of carbonyl (C=O) groups excluding carboxylic acids is 3. The molecule has 7 nitrogen and oxygen atoms in total. The van der Waals surface area contributed by atoms with E-state index in [1.165, 1.54) is 0 Å². The Labute approximate surface area is 120 Å². The number of hydrogen-bond acceptors (Lipinski definition) is 6. The molecule has 1 aliphatic heterocycles. The lowest BCUT2D eigenvalue weighted by Crippen LogP contribution is -2.32. The molecule has 1 aromatic heterocycles. The van der Waals surface area contributed by atoms with Crippen LogP contribution < -0.4 is 5.32 Å². The second-order valence-corrected chi connectivity index (χ2v) is 5.12. The van der Waals surface area contributed by atoms with Crippen molar-refractivity contribution in [2.24, 2.45) is 0 Å². The van der Waals surface area contributed by atoms with E-state index in [4.69, 9.17) is 0 Å². The maximum Gasteiger partial charge on any atom is 0.445 e. The van der Waals surface area contributed by atoms with Crippen LogP contribution in [0, 0.1) is 0 Å². The molecule has 1 saturated heterocycles. The summed E-state index contributed by atoms with van der Waals surface area (Å²) in [5.74, 6) is -1.36. The number of hydrogen-bond donors (Lipinski definition) is 1. The van der Waals surface area contributed by atoms with Gasteiger partial charge in [-0.25, -0.2) is 0 Å². The maximum absolute atomic E-state index is 12.3. The lowest BCUT2D eigenvalue weighted by molar-refractivity contribution is -0.139. The highest BCUT2D eigenvalue weighted by molar-refractivity contribution is 7.15. The van der Waals surface area contributed by atoms with Gasteiger partial charge in [0.05, 0.1) is 0 Å². The molecule has 0 unspecified atom stereocenters. The highest BCUT2D eigenvalue weighted by Gasteiger charge is 2.36. The number of rotatable bonds is 4. The summed E-state index contributed by atoms with van der Waals surface area (Å²) in [7, 11) is 0. The van der Waals surface area contributed by atoms with Crippen molar-refractivity contribution in [3.05, 3.63) is 5.01 Å². The third-order valence-corrected chi connectivity index (χ3v) is 3.51. The van der Waals surface area contributed by atoms with Crippen LogP contribution in [0.3, 0.4) is 0 Å². The molecular formula is C10H9F3N4O3S. The number of halogens is 3. The number of anilines is 1. The van der Waals surface area contributed by atoms with Crippen LogP contribution in [-0.2, 0) is 20.6 Å². The minimum atomic E-state index is -4.62. The first kappa shape index (κ1) is 15.4. The molecular weight excluding hydrogens is 313 g/mol. The number of likely N-dealkylation sites (tertiary alicyclic amines) is 1. The van der Waals surface area contributed by atoms with Gasteiger partial charge in [-0.3, -0.25) is 19.3 Å². The Morgan fingerprint density at radius 1 is 1.24 bits per heavy atom. The lowest BCUT2D eigenvalue weighted by atomic mass is 10.3. The van der Waals surface area contributed by atoms with Gasteiger partial charge in [0.2, 0.25) is 27.9 Å². The van der Waals surface area contributed by atoms with Gasteiger partial charge in [0, 0.05) is 25.8 Å². The van der Waals surface area contributed by atoms with E-state index >= 15 is 0 Å². The highest BCUT2D eigenvalue weighted by atomic mass is 32.1. The number of imide groups is 1. The number of aromatic nitrogens is 2. The average Bonchev–Trinajstić information content (AvgIpc) is 2.95. The van der Waals surface area contributed by atoms with Gasteiger partial charge in [0.25, 0.3) is 0 Å². The summed E-state index contributed by atoms with van der Waals surface area (Å²) >= 11 is 0.201. The van der Waals surface area contributed by atoms with Crippen LogP contribution in [0.4, 0.5) is 18.3 Å². The average molecular weight is 322 g/mol. The number of amides is 3. The van der Waals surface area contributed by atoms with Crippen LogP contribution in [0.5, 0.6) is 0 Å². The van der Waals surface area contributed by atoms with E-state index in [-0.39, 0.29) is 54.1 Å². The number of nitrogens with one attached hydrogen (secondary N) is 1. The quantitative estimate of drug-likeness (QED) is 0.836. The monoisotopic (exact) mass is 322 g/mol. The molecule has 0 aliphatic carbocycles. The molecule has 0 aromatic carbocycles. The Balaban J connectivity index is 1.86. The van der Waals surface area contributed by atoms with Crippen LogP contribution in [-0.4, -0.2) is 39.4 Å².